The molecular formula is C25H23F4N7O. The molecule has 8 nitrogen and oxygen atoms in total. The first-order chi connectivity index (χ1) is 17.8. The minimum Gasteiger partial charge on any atom is -0.346 e. The Morgan fingerprint density at radius 2 is 1.84 bits per heavy atom. The lowest BCUT2D eigenvalue weighted by Gasteiger charge is -2.47. The number of amides is 1. The minimum atomic E-state index is -4.79. The molecule has 0 bridgehead atoms. The highest BCUT2D eigenvalue weighted by Gasteiger charge is 2.37. The van der Waals surface area contributed by atoms with Gasteiger partial charge in [0, 0.05) is 61.1 Å². The summed E-state index contributed by atoms with van der Waals surface area (Å²) in [5.74, 6) is -1.88. The molecule has 5 heterocycles. The fraction of sp³-hybridized carbons (Fsp3) is 0.360. The van der Waals surface area contributed by atoms with Gasteiger partial charge in [0.05, 0.1) is 23.5 Å². The molecule has 12 heteroatoms. The van der Waals surface area contributed by atoms with E-state index in [0.29, 0.717) is 31.3 Å². The van der Waals surface area contributed by atoms with Crippen LogP contribution in [0.5, 0.6) is 0 Å². The Kier molecular flexibility index (Phi) is 5.70. The summed E-state index contributed by atoms with van der Waals surface area (Å²) in [5, 5.41) is 5.49. The molecule has 0 unspecified atom stereocenters. The molecule has 1 amide bonds. The summed E-state index contributed by atoms with van der Waals surface area (Å²) < 4.78 is 54.3. The van der Waals surface area contributed by atoms with Crippen molar-refractivity contribution >= 4 is 16.9 Å². The first-order valence-electron chi connectivity index (χ1n) is 12.0. The zero-order chi connectivity index (χ0) is 25.7. The lowest BCUT2D eigenvalue weighted by atomic mass is 9.97. The Labute approximate surface area is 208 Å². The molecule has 0 saturated carbocycles. The number of nitrogens with one attached hydrogen (secondary N) is 1. The number of carbonyl (C=O) groups is 1. The fourth-order valence-corrected chi connectivity index (χ4v) is 5.21. The zero-order valence-corrected chi connectivity index (χ0v) is 19.6. The van der Waals surface area contributed by atoms with Gasteiger partial charge in [0.2, 0.25) is 0 Å². The van der Waals surface area contributed by atoms with Crippen LogP contribution in [0.1, 0.15) is 34.8 Å². The Morgan fingerprint density at radius 1 is 1.05 bits per heavy atom. The first kappa shape index (κ1) is 23.6. The van der Waals surface area contributed by atoms with Crippen molar-refractivity contribution in [2.75, 3.05) is 26.2 Å². The molecule has 0 radical (unpaired) electrons. The van der Waals surface area contributed by atoms with E-state index < -0.39 is 23.5 Å². The lowest BCUT2D eigenvalue weighted by Crippen LogP contribution is -2.56. The SMILES string of the molecule is O=C(c1ccc(C(F)(F)F)c(F)c1)N1CCC(N2CC(n3cc(-c4ncnc5[nH]ccc45)cn3)C2)CC1. The highest BCUT2D eigenvalue weighted by Crippen LogP contribution is 2.33. The number of carbonyl (C=O) groups excluding carboxylic acids is 1. The number of aromatic amines is 1. The van der Waals surface area contributed by atoms with Crippen LogP contribution in [-0.2, 0) is 6.18 Å². The van der Waals surface area contributed by atoms with E-state index in [-0.39, 0.29) is 11.6 Å². The fourth-order valence-electron chi connectivity index (χ4n) is 5.21. The van der Waals surface area contributed by atoms with E-state index in [0.717, 1.165) is 54.3 Å². The van der Waals surface area contributed by atoms with Gasteiger partial charge < -0.3 is 9.88 Å². The van der Waals surface area contributed by atoms with Crippen LogP contribution < -0.4 is 0 Å². The van der Waals surface area contributed by atoms with Crippen LogP contribution >= 0.6 is 0 Å². The molecule has 1 aromatic carbocycles. The average Bonchev–Trinajstić information content (AvgIpc) is 3.52. The van der Waals surface area contributed by atoms with Gasteiger partial charge in [-0.2, -0.15) is 18.3 Å². The van der Waals surface area contributed by atoms with Crippen molar-refractivity contribution in [2.45, 2.75) is 31.1 Å². The van der Waals surface area contributed by atoms with Gasteiger partial charge >= 0.3 is 6.18 Å². The van der Waals surface area contributed by atoms with E-state index in [1.54, 1.807) is 4.90 Å². The molecule has 0 spiro atoms. The number of alkyl halides is 3. The predicted molar refractivity (Wildman–Crippen MR) is 126 cm³/mol. The van der Waals surface area contributed by atoms with Gasteiger partial charge in [-0.05, 0) is 37.1 Å². The molecule has 192 valence electrons. The highest BCUT2D eigenvalue weighted by atomic mass is 19.4. The van der Waals surface area contributed by atoms with Crippen LogP contribution in [0.2, 0.25) is 0 Å². The first-order valence-corrected chi connectivity index (χ1v) is 12.0. The van der Waals surface area contributed by atoms with Crippen LogP contribution in [0.4, 0.5) is 17.6 Å². The summed E-state index contributed by atoms with van der Waals surface area (Å²) in [6, 6.07) is 4.84. The summed E-state index contributed by atoms with van der Waals surface area (Å²) in [6.07, 6.45) is 3.88. The van der Waals surface area contributed by atoms with E-state index in [1.165, 1.54) is 6.33 Å². The average molecular weight is 513 g/mol. The van der Waals surface area contributed by atoms with Crippen LogP contribution in [-0.4, -0.2) is 72.7 Å². The number of nitrogens with zero attached hydrogens (tertiary/aromatic N) is 6. The molecule has 2 saturated heterocycles. The second-order valence-corrected chi connectivity index (χ2v) is 9.49. The van der Waals surface area contributed by atoms with Gasteiger partial charge in [-0.3, -0.25) is 14.4 Å². The molecule has 1 N–H and O–H groups in total. The van der Waals surface area contributed by atoms with E-state index in [1.807, 2.05) is 29.3 Å². The van der Waals surface area contributed by atoms with Crippen LogP contribution in [0, 0.1) is 5.82 Å². The van der Waals surface area contributed by atoms with Crippen molar-refractivity contribution in [2.24, 2.45) is 0 Å². The Hall–Kier alpha value is -3.80. The summed E-state index contributed by atoms with van der Waals surface area (Å²) in [4.78, 5) is 28.4. The molecule has 37 heavy (non-hydrogen) atoms. The third kappa shape index (κ3) is 4.35. The number of hydrogen-bond acceptors (Lipinski definition) is 5. The number of halogens is 4. The molecule has 6 rings (SSSR count). The van der Waals surface area contributed by atoms with Gasteiger partial charge in [-0.15, -0.1) is 0 Å². The van der Waals surface area contributed by atoms with Crippen molar-refractivity contribution in [3.63, 3.8) is 0 Å². The van der Waals surface area contributed by atoms with Gasteiger partial charge in [-0.25, -0.2) is 14.4 Å². The van der Waals surface area contributed by atoms with E-state index in [2.05, 4.69) is 25.0 Å². The topological polar surface area (TPSA) is 82.9 Å². The standard InChI is InChI=1S/C25H23F4N7O/c26-21-9-15(1-2-20(21)25(27,28)29)24(37)34-7-4-17(5-8-34)35-12-18(13-35)36-11-16(10-33-36)22-19-3-6-30-23(19)32-14-31-22/h1-3,6,9-11,14,17-18H,4-5,7-8,12-13H2,(H,30,31,32). The molecular weight excluding hydrogens is 490 g/mol. The third-order valence-electron chi connectivity index (χ3n) is 7.28. The van der Waals surface area contributed by atoms with Crippen LogP contribution in [0.3, 0.4) is 0 Å². The van der Waals surface area contributed by atoms with Crippen molar-refractivity contribution in [3.8, 4) is 11.3 Å². The van der Waals surface area contributed by atoms with Crippen molar-refractivity contribution in [3.05, 3.63) is 66.1 Å². The van der Waals surface area contributed by atoms with Gasteiger partial charge in [-0.1, -0.05) is 0 Å². The normalized spacial score (nSPS) is 17.9. The maximum Gasteiger partial charge on any atom is 0.419 e. The quantitative estimate of drug-likeness (QED) is 0.415. The van der Waals surface area contributed by atoms with Gasteiger partial charge in [0.25, 0.3) is 5.91 Å². The van der Waals surface area contributed by atoms with E-state index in [9.17, 15) is 22.4 Å². The number of piperidine rings is 1. The molecule has 2 aliphatic heterocycles. The maximum atomic E-state index is 13.9. The molecule has 3 aromatic heterocycles. The maximum absolute atomic E-state index is 13.9. The zero-order valence-electron chi connectivity index (χ0n) is 19.6. The summed E-state index contributed by atoms with van der Waals surface area (Å²) in [7, 11) is 0. The third-order valence-corrected chi connectivity index (χ3v) is 7.28. The lowest BCUT2D eigenvalue weighted by molar-refractivity contribution is -0.140. The summed E-state index contributed by atoms with van der Waals surface area (Å²) in [5.41, 5.74) is 1.11. The predicted octanol–water partition coefficient (Wildman–Crippen LogP) is 4.14. The highest BCUT2D eigenvalue weighted by molar-refractivity contribution is 5.94. The number of fused-ring (bicyclic) bond motifs is 1. The molecule has 0 aliphatic carbocycles. The Balaban J connectivity index is 1.03. The second kappa shape index (κ2) is 8.94. The number of likely N-dealkylation sites (tertiary alicyclic amines) is 2. The van der Waals surface area contributed by atoms with Gasteiger partial charge in [0.15, 0.2) is 0 Å². The summed E-state index contributed by atoms with van der Waals surface area (Å²) >= 11 is 0. The Bertz CT molecular complexity index is 1450. The van der Waals surface area contributed by atoms with Crippen LogP contribution in [0.25, 0.3) is 22.3 Å². The molecule has 0 atom stereocenters. The van der Waals surface area contributed by atoms with Crippen molar-refractivity contribution in [1.29, 1.82) is 0 Å². The molecule has 2 fully saturated rings. The van der Waals surface area contributed by atoms with E-state index >= 15 is 0 Å². The largest absolute Gasteiger partial charge is 0.419 e. The molecule has 4 aromatic rings. The number of H-pyrrole nitrogens is 1. The second-order valence-electron chi connectivity index (χ2n) is 9.49. The number of benzene rings is 1. The number of aromatic nitrogens is 5. The van der Waals surface area contributed by atoms with Crippen molar-refractivity contribution in [1.82, 2.24) is 34.5 Å². The smallest absolute Gasteiger partial charge is 0.346 e. The van der Waals surface area contributed by atoms with Gasteiger partial charge in [0.1, 0.15) is 17.8 Å². The number of rotatable bonds is 4. The van der Waals surface area contributed by atoms with E-state index in [4.69, 9.17) is 0 Å². The Morgan fingerprint density at radius 3 is 2.57 bits per heavy atom. The van der Waals surface area contributed by atoms with Crippen molar-refractivity contribution < 1.29 is 22.4 Å². The minimum absolute atomic E-state index is 0.0666. The molecule has 2 aliphatic rings. The number of hydrogen-bond donors (Lipinski definition) is 1. The monoisotopic (exact) mass is 513 g/mol. The van der Waals surface area contributed by atoms with Crippen LogP contribution in [0.15, 0.2) is 49.2 Å². The summed E-state index contributed by atoms with van der Waals surface area (Å²) in [6.45, 7) is 2.62.